The zero-order valence-corrected chi connectivity index (χ0v) is 20.3. The van der Waals surface area contributed by atoms with Crippen LogP contribution in [0.25, 0.3) is 0 Å². The maximum atomic E-state index is 13.1. The van der Waals surface area contributed by atoms with Crippen molar-refractivity contribution in [3.63, 3.8) is 0 Å². The zero-order valence-electron chi connectivity index (χ0n) is 20.3. The van der Waals surface area contributed by atoms with Crippen molar-refractivity contribution in [1.29, 1.82) is 0 Å². The van der Waals surface area contributed by atoms with Crippen LogP contribution in [0.15, 0.2) is 42.5 Å². The van der Waals surface area contributed by atoms with Gasteiger partial charge in [0.2, 0.25) is 0 Å². The third-order valence-corrected chi connectivity index (χ3v) is 7.09. The Hall–Kier alpha value is -2.57. The summed E-state index contributed by atoms with van der Waals surface area (Å²) in [4.78, 5) is 20.0. The molecule has 0 unspecified atom stereocenters. The maximum absolute atomic E-state index is 13.1. The predicted octanol–water partition coefficient (Wildman–Crippen LogP) is 3.55. The van der Waals surface area contributed by atoms with E-state index in [1.54, 1.807) is 26.4 Å². The molecule has 0 bridgehead atoms. The lowest BCUT2D eigenvalue weighted by molar-refractivity contribution is 0.0687. The van der Waals surface area contributed by atoms with Crippen LogP contribution in [0.4, 0.5) is 0 Å². The van der Waals surface area contributed by atoms with E-state index in [4.69, 9.17) is 9.47 Å². The van der Waals surface area contributed by atoms with Crippen LogP contribution in [0, 0.1) is 5.92 Å². The van der Waals surface area contributed by atoms with Gasteiger partial charge in [0.25, 0.3) is 5.91 Å². The molecule has 2 aromatic rings. The summed E-state index contributed by atoms with van der Waals surface area (Å²) < 4.78 is 10.7. The topological polar surface area (TPSA) is 45.2 Å². The Balaban J connectivity index is 1.27. The van der Waals surface area contributed by atoms with Crippen molar-refractivity contribution in [3.8, 4) is 11.5 Å². The lowest BCUT2D eigenvalue weighted by Gasteiger charge is -2.33. The lowest BCUT2D eigenvalue weighted by Crippen LogP contribution is -2.43. The number of ether oxygens (including phenoxy) is 2. The maximum Gasteiger partial charge on any atom is 0.257 e. The predicted molar refractivity (Wildman–Crippen MR) is 131 cm³/mol. The molecular formula is C27H37N3O3. The van der Waals surface area contributed by atoms with Crippen molar-refractivity contribution >= 4 is 5.91 Å². The molecule has 2 aliphatic heterocycles. The van der Waals surface area contributed by atoms with Crippen LogP contribution in [0.2, 0.25) is 0 Å². The summed E-state index contributed by atoms with van der Waals surface area (Å²) in [6.45, 7) is 7.24. The number of carbonyl (C=O) groups excluding carboxylic acids is 1. The van der Waals surface area contributed by atoms with E-state index in [0.717, 1.165) is 65.1 Å². The summed E-state index contributed by atoms with van der Waals surface area (Å²) in [5.74, 6) is 1.92. The highest BCUT2D eigenvalue weighted by molar-refractivity contribution is 5.97. The van der Waals surface area contributed by atoms with Crippen LogP contribution >= 0.6 is 0 Å². The molecule has 1 amide bonds. The van der Waals surface area contributed by atoms with Gasteiger partial charge in [-0.05, 0) is 55.5 Å². The minimum atomic E-state index is 0.0428. The summed E-state index contributed by atoms with van der Waals surface area (Å²) in [5.41, 5.74) is 3.41. The summed E-state index contributed by atoms with van der Waals surface area (Å²) >= 11 is 0. The van der Waals surface area contributed by atoms with Crippen LogP contribution in [0.3, 0.4) is 0 Å². The minimum Gasteiger partial charge on any atom is -0.497 e. The molecule has 178 valence electrons. The normalized spacial score (nSPS) is 18.3. The van der Waals surface area contributed by atoms with Crippen molar-refractivity contribution in [1.82, 2.24) is 14.7 Å². The van der Waals surface area contributed by atoms with Crippen LogP contribution in [-0.2, 0) is 13.0 Å². The van der Waals surface area contributed by atoms with E-state index in [0.29, 0.717) is 23.0 Å². The van der Waals surface area contributed by atoms with Gasteiger partial charge in [0.05, 0.1) is 19.8 Å². The first kappa shape index (κ1) is 23.6. The molecule has 0 saturated carbocycles. The smallest absolute Gasteiger partial charge is 0.257 e. The highest BCUT2D eigenvalue weighted by atomic mass is 16.5. The first-order valence-electron chi connectivity index (χ1n) is 12.1. The number of carbonyl (C=O) groups is 1. The molecule has 0 aliphatic carbocycles. The number of piperidine rings is 1. The van der Waals surface area contributed by atoms with E-state index in [1.807, 2.05) is 11.0 Å². The van der Waals surface area contributed by atoms with E-state index in [2.05, 4.69) is 41.1 Å². The average Bonchev–Trinajstić information content (AvgIpc) is 2.86. The molecule has 0 atom stereocenters. The molecule has 0 N–H and O–H groups in total. The van der Waals surface area contributed by atoms with E-state index in [-0.39, 0.29) is 5.91 Å². The van der Waals surface area contributed by atoms with Gasteiger partial charge in [-0.1, -0.05) is 24.3 Å². The molecule has 6 nitrogen and oxygen atoms in total. The highest BCUT2D eigenvalue weighted by Gasteiger charge is 2.26. The van der Waals surface area contributed by atoms with Gasteiger partial charge in [0, 0.05) is 51.9 Å². The molecule has 2 fully saturated rings. The number of amides is 1. The number of likely N-dealkylation sites (N-methyl/N-ethyl adjacent to an activating group) is 1. The van der Waals surface area contributed by atoms with Crippen LogP contribution < -0.4 is 9.47 Å². The number of nitrogens with zero attached hydrogens (tertiary/aromatic N) is 3. The Morgan fingerprint density at radius 1 is 0.879 bits per heavy atom. The Labute approximate surface area is 198 Å². The summed E-state index contributed by atoms with van der Waals surface area (Å²) in [7, 11) is 5.40. The first-order chi connectivity index (χ1) is 16.1. The van der Waals surface area contributed by atoms with E-state index >= 15 is 0 Å². The number of benzene rings is 2. The van der Waals surface area contributed by atoms with E-state index < -0.39 is 0 Å². The fourth-order valence-electron chi connectivity index (χ4n) is 4.86. The molecular weight excluding hydrogens is 414 g/mol. The van der Waals surface area contributed by atoms with Gasteiger partial charge in [-0.3, -0.25) is 9.69 Å². The second kappa shape index (κ2) is 11.0. The molecule has 0 spiro atoms. The Bertz CT molecular complexity index is 915. The van der Waals surface area contributed by atoms with E-state index in [9.17, 15) is 4.79 Å². The molecule has 2 heterocycles. The van der Waals surface area contributed by atoms with Crippen LogP contribution in [-0.4, -0.2) is 81.1 Å². The van der Waals surface area contributed by atoms with E-state index in [1.165, 1.54) is 11.1 Å². The molecule has 2 saturated heterocycles. The largest absolute Gasteiger partial charge is 0.497 e. The first-order valence-corrected chi connectivity index (χ1v) is 12.1. The number of hydrogen-bond donors (Lipinski definition) is 0. The number of hydrogen-bond acceptors (Lipinski definition) is 5. The fraction of sp³-hybridized carbons (Fsp3) is 0.519. The average molecular weight is 452 g/mol. The van der Waals surface area contributed by atoms with Gasteiger partial charge in [-0.2, -0.15) is 0 Å². The lowest BCUT2D eigenvalue weighted by atomic mass is 9.89. The van der Waals surface area contributed by atoms with Crippen molar-refractivity contribution in [2.45, 2.75) is 25.8 Å². The fourth-order valence-corrected chi connectivity index (χ4v) is 4.86. The summed E-state index contributed by atoms with van der Waals surface area (Å²) in [5, 5.41) is 0. The Morgan fingerprint density at radius 3 is 2.18 bits per heavy atom. The minimum absolute atomic E-state index is 0.0428. The molecule has 4 rings (SSSR count). The molecule has 6 heteroatoms. The molecule has 0 radical (unpaired) electrons. The molecule has 33 heavy (non-hydrogen) atoms. The second-order valence-corrected chi connectivity index (χ2v) is 9.40. The number of rotatable bonds is 7. The highest BCUT2D eigenvalue weighted by Crippen LogP contribution is 2.28. The summed E-state index contributed by atoms with van der Waals surface area (Å²) in [6.07, 6.45) is 3.16. The van der Waals surface area contributed by atoms with Crippen LogP contribution in [0.5, 0.6) is 11.5 Å². The van der Waals surface area contributed by atoms with Gasteiger partial charge in [0.1, 0.15) is 11.5 Å². The summed E-state index contributed by atoms with van der Waals surface area (Å²) in [6, 6.07) is 14.6. The van der Waals surface area contributed by atoms with Gasteiger partial charge < -0.3 is 19.3 Å². The SMILES string of the molecule is COc1ccc(C(=O)N2CCC(Cc3ccc(CN4CCN(C)CC4)cc3)CC2)c(OC)c1. The van der Waals surface area contributed by atoms with Gasteiger partial charge in [-0.25, -0.2) is 0 Å². The standard InChI is InChI=1S/C27H37N3O3/c1-28-14-16-29(17-15-28)20-23-6-4-21(5-7-23)18-22-10-12-30(13-11-22)27(31)25-9-8-24(32-2)19-26(25)33-3/h4-9,19,22H,10-18,20H2,1-3H3. The number of piperazine rings is 1. The Kier molecular flexibility index (Phi) is 7.89. The van der Waals surface area contributed by atoms with Crippen LogP contribution in [0.1, 0.15) is 34.3 Å². The quantitative estimate of drug-likeness (QED) is 0.644. The molecule has 2 aliphatic rings. The van der Waals surface area contributed by atoms with Crippen molar-refractivity contribution in [3.05, 3.63) is 59.2 Å². The van der Waals surface area contributed by atoms with Crippen molar-refractivity contribution < 1.29 is 14.3 Å². The van der Waals surface area contributed by atoms with Gasteiger partial charge in [-0.15, -0.1) is 0 Å². The second-order valence-electron chi connectivity index (χ2n) is 9.40. The van der Waals surface area contributed by atoms with Gasteiger partial charge >= 0.3 is 0 Å². The molecule has 2 aromatic carbocycles. The van der Waals surface area contributed by atoms with Gasteiger partial charge in [0.15, 0.2) is 0 Å². The third kappa shape index (κ3) is 6.06. The molecule has 0 aromatic heterocycles. The zero-order chi connectivity index (χ0) is 23.2. The van der Waals surface area contributed by atoms with Crippen molar-refractivity contribution in [2.24, 2.45) is 5.92 Å². The number of likely N-dealkylation sites (tertiary alicyclic amines) is 1. The monoisotopic (exact) mass is 451 g/mol. The Morgan fingerprint density at radius 2 is 1.55 bits per heavy atom. The number of methoxy groups -OCH3 is 2. The third-order valence-electron chi connectivity index (χ3n) is 7.09. The van der Waals surface area contributed by atoms with Crippen molar-refractivity contribution in [2.75, 3.05) is 60.5 Å².